The zero-order valence-corrected chi connectivity index (χ0v) is 44.1. The van der Waals surface area contributed by atoms with Gasteiger partial charge in [-0.2, -0.15) is 4.37 Å². The number of methoxy groups -OCH3 is 2. The molecule has 0 N–H and O–H groups in total. The molecule has 3 aliphatic heterocycles. The van der Waals surface area contributed by atoms with Crippen LogP contribution in [0.2, 0.25) is 5.02 Å². The normalized spacial score (nSPS) is 17.8. The number of hydrogen-bond acceptors (Lipinski definition) is 15. The number of aryl methyl sites for hydroxylation is 1. The third-order valence-electron chi connectivity index (χ3n) is 13.7. The Bertz CT molecular complexity index is 2670. The third-order valence-corrected chi connectivity index (χ3v) is 16.1. The molecule has 2 fully saturated rings. The van der Waals surface area contributed by atoms with Crippen LogP contribution < -0.4 is 18.9 Å². The minimum Gasteiger partial charge on any atom is -0.539 e. The number of rotatable bonds is 21. The Morgan fingerprint density at radius 3 is 2.11 bits per heavy atom. The number of halogens is 1. The first-order chi connectivity index (χ1) is 33.8. The summed E-state index contributed by atoms with van der Waals surface area (Å²) in [6.07, 6.45) is 1.69. The standard InChI is InChI=1S/C51H61BClN6O10S2/c1-31-54-45(56-71-31)42(55-69-51(5,6)50(2,3)4)39(60)26-38-47(62)58-43(49(63)68-52)34(30-70-48(38)58)27-59(23-10-11-24-59)25-22-57(7)46(61)37-20-21-40(66-28-32-12-16-35(64-8)17-13-32)44(41(37)53)67-29-33-14-18-36(65-9)19-15-33/h12-21,38,48H,10-11,22-30H2,1-9H3/q+1/b55-42-/t38-,48-/m1/s1. The summed E-state index contributed by atoms with van der Waals surface area (Å²) in [7, 11) is 10.5. The Morgan fingerprint density at radius 2 is 1.55 bits per heavy atom. The van der Waals surface area contributed by atoms with E-state index >= 15 is 0 Å². The van der Waals surface area contributed by atoms with Crippen molar-refractivity contribution in [2.75, 3.05) is 59.7 Å². The highest BCUT2D eigenvalue weighted by molar-refractivity contribution is 8.00. The van der Waals surface area contributed by atoms with Crippen LogP contribution in [0.5, 0.6) is 23.0 Å². The SMILES string of the molecule is [B]OC(=O)C1=C(C[N+]2(CCN(C)C(=O)c3ccc(OCc4ccc(OC)cc4)c(OCc4ccc(OC)cc4)c3Cl)CCCC2)CS[C@@H]2[C@H](CC(=O)/C(=N/OC(C)(C)C(C)(C)C)c3nsc(C)n3)C(=O)N12. The fraction of sp³-hybridized carbons (Fsp3) is 0.471. The molecule has 0 bridgehead atoms. The molecule has 0 aliphatic carbocycles. The van der Waals surface area contributed by atoms with Gasteiger partial charge in [-0.25, -0.2) is 9.78 Å². The van der Waals surface area contributed by atoms with Crippen LogP contribution in [0.1, 0.15) is 86.2 Å². The molecule has 0 spiro atoms. The highest BCUT2D eigenvalue weighted by atomic mass is 35.5. The van der Waals surface area contributed by atoms with Crippen molar-refractivity contribution in [3.8, 4) is 23.0 Å². The van der Waals surface area contributed by atoms with Crippen LogP contribution in [-0.4, -0.2) is 132 Å². The van der Waals surface area contributed by atoms with Crippen LogP contribution in [0.3, 0.4) is 0 Å². The van der Waals surface area contributed by atoms with Gasteiger partial charge in [0.2, 0.25) is 5.91 Å². The van der Waals surface area contributed by atoms with E-state index in [0.717, 1.165) is 54.3 Å². The predicted octanol–water partition coefficient (Wildman–Crippen LogP) is 7.97. The monoisotopic (exact) mass is 1030 g/mol. The summed E-state index contributed by atoms with van der Waals surface area (Å²) in [5.41, 5.74) is 1.68. The molecule has 2 radical (unpaired) electrons. The van der Waals surface area contributed by atoms with Crippen LogP contribution in [0, 0.1) is 18.3 Å². The van der Waals surface area contributed by atoms with Crippen molar-refractivity contribution in [1.82, 2.24) is 19.2 Å². The summed E-state index contributed by atoms with van der Waals surface area (Å²) in [5.74, 6) is -0.157. The number of fused-ring (bicyclic) bond motifs is 1. The number of carbonyl (C=O) groups is 4. The van der Waals surface area contributed by atoms with E-state index in [2.05, 4.69) is 14.5 Å². The molecular weight excluding hydrogens is 967 g/mol. The summed E-state index contributed by atoms with van der Waals surface area (Å²) in [4.78, 5) is 69.4. The molecule has 2 saturated heterocycles. The van der Waals surface area contributed by atoms with Gasteiger partial charge >= 0.3 is 14.0 Å². The molecule has 7 rings (SSSR count). The molecule has 2 atom stereocenters. The molecule has 1 aromatic heterocycles. The lowest BCUT2D eigenvalue weighted by atomic mass is 9.79. The van der Waals surface area contributed by atoms with Crippen molar-refractivity contribution in [1.29, 1.82) is 0 Å². The van der Waals surface area contributed by atoms with Crippen LogP contribution in [-0.2, 0) is 37.1 Å². The van der Waals surface area contributed by atoms with E-state index in [0.29, 0.717) is 51.9 Å². The minimum atomic E-state index is -0.827. The number of hydrogen-bond donors (Lipinski definition) is 0. The van der Waals surface area contributed by atoms with Crippen molar-refractivity contribution < 1.29 is 52.1 Å². The number of quaternary nitrogens is 1. The number of ether oxygens (including phenoxy) is 4. The fourth-order valence-corrected chi connectivity index (χ4v) is 10.6. The number of nitrogens with zero attached hydrogens (tertiary/aromatic N) is 6. The predicted molar refractivity (Wildman–Crippen MR) is 273 cm³/mol. The average Bonchev–Trinajstić information content (AvgIpc) is 4.02. The van der Waals surface area contributed by atoms with Gasteiger partial charge in [0.15, 0.2) is 28.8 Å². The van der Waals surface area contributed by atoms with Crippen molar-refractivity contribution in [2.45, 2.75) is 85.0 Å². The first-order valence-electron chi connectivity index (χ1n) is 23.4. The van der Waals surface area contributed by atoms with Gasteiger partial charge in [-0.05, 0) is 79.8 Å². The Hall–Kier alpha value is -5.63. The maximum Gasteiger partial charge on any atom is 0.378 e. The molecule has 0 unspecified atom stereocenters. The van der Waals surface area contributed by atoms with Crippen molar-refractivity contribution in [3.05, 3.63) is 104 Å². The Balaban J connectivity index is 1.06. The van der Waals surface area contributed by atoms with E-state index in [4.69, 9.17) is 48.1 Å². The van der Waals surface area contributed by atoms with Gasteiger partial charge in [-0.1, -0.05) is 61.8 Å². The summed E-state index contributed by atoms with van der Waals surface area (Å²) in [6.45, 7) is 14.9. The summed E-state index contributed by atoms with van der Waals surface area (Å²) in [6, 6.07) is 18.3. The highest BCUT2D eigenvalue weighted by Crippen LogP contribution is 2.47. The number of β-lactam (4-membered cyclic amide) rings is 1. The maximum atomic E-state index is 14.3. The molecule has 20 heteroatoms. The van der Waals surface area contributed by atoms with Crippen LogP contribution in [0.15, 0.2) is 77.1 Å². The van der Waals surface area contributed by atoms with Gasteiger partial charge in [0.05, 0.1) is 62.3 Å². The number of benzene rings is 3. The molecule has 71 heavy (non-hydrogen) atoms. The van der Waals surface area contributed by atoms with Crippen molar-refractivity contribution >= 4 is 72.2 Å². The van der Waals surface area contributed by atoms with E-state index < -0.39 is 34.6 Å². The van der Waals surface area contributed by atoms with E-state index in [1.54, 1.807) is 45.2 Å². The number of ketones is 1. The van der Waals surface area contributed by atoms with Crippen LogP contribution in [0.4, 0.5) is 0 Å². The Kier molecular flexibility index (Phi) is 16.8. The highest BCUT2D eigenvalue weighted by Gasteiger charge is 2.55. The van der Waals surface area contributed by atoms with Gasteiger partial charge in [0, 0.05) is 43.1 Å². The topological polar surface area (TPSA) is 168 Å². The van der Waals surface area contributed by atoms with Gasteiger partial charge < -0.3 is 37.8 Å². The Morgan fingerprint density at radius 1 is 0.930 bits per heavy atom. The molecule has 4 aromatic rings. The number of carbonyl (C=O) groups excluding carboxylic acids is 4. The number of oxime groups is 1. The lowest BCUT2D eigenvalue weighted by Gasteiger charge is -2.50. The molecule has 3 aliphatic rings. The molecule has 376 valence electrons. The van der Waals surface area contributed by atoms with E-state index in [1.807, 2.05) is 83.1 Å². The van der Waals surface area contributed by atoms with E-state index in [-0.39, 0.29) is 64.5 Å². The Labute approximate surface area is 430 Å². The number of aromatic nitrogens is 2. The number of Topliss-reactive ketones (excluding diaryl/α,β-unsaturated/α-hetero) is 1. The molecule has 3 aromatic carbocycles. The van der Waals surface area contributed by atoms with Crippen molar-refractivity contribution in [3.63, 3.8) is 0 Å². The van der Waals surface area contributed by atoms with Crippen LogP contribution >= 0.6 is 34.9 Å². The zero-order chi connectivity index (χ0) is 51.3. The minimum absolute atomic E-state index is 0.0620. The average molecular weight is 1030 g/mol. The van der Waals surface area contributed by atoms with Crippen LogP contribution in [0.25, 0.3) is 0 Å². The van der Waals surface area contributed by atoms with Gasteiger partial charge in [0.25, 0.3) is 5.91 Å². The summed E-state index contributed by atoms with van der Waals surface area (Å²) < 4.78 is 32.9. The summed E-state index contributed by atoms with van der Waals surface area (Å²) >= 11 is 9.70. The lowest BCUT2D eigenvalue weighted by Crippen LogP contribution is -2.63. The number of amides is 2. The van der Waals surface area contributed by atoms with E-state index in [9.17, 15) is 19.2 Å². The van der Waals surface area contributed by atoms with Gasteiger partial charge in [-0.15, -0.1) is 11.8 Å². The zero-order valence-electron chi connectivity index (χ0n) is 41.7. The van der Waals surface area contributed by atoms with E-state index in [1.165, 1.54) is 16.7 Å². The second-order valence-electron chi connectivity index (χ2n) is 19.6. The second-order valence-corrected chi connectivity index (χ2v) is 22.0. The molecule has 16 nitrogen and oxygen atoms in total. The van der Waals surface area contributed by atoms with Crippen molar-refractivity contribution in [2.24, 2.45) is 16.5 Å². The van der Waals surface area contributed by atoms with Gasteiger partial charge in [0.1, 0.15) is 47.6 Å². The van der Waals surface area contributed by atoms with Gasteiger partial charge in [-0.3, -0.25) is 19.3 Å². The fourth-order valence-electron chi connectivity index (χ4n) is 8.44. The first-order valence-corrected chi connectivity index (χ1v) is 25.6. The first kappa shape index (κ1) is 53.2. The molecule has 2 amide bonds. The number of likely N-dealkylation sites (tertiary alicyclic amines) is 1. The third kappa shape index (κ3) is 12.0. The molecule has 4 heterocycles. The lowest BCUT2D eigenvalue weighted by molar-refractivity contribution is -0.911. The molecular formula is C51H61BClN6O10S2+. The number of likely N-dealkylation sites (N-methyl/N-ethyl adjacent to an activating group) is 1. The maximum absolute atomic E-state index is 14.3. The quantitative estimate of drug-likeness (QED) is 0.0259. The number of thioether (sulfide) groups is 1. The summed E-state index contributed by atoms with van der Waals surface area (Å²) in [5, 5.41) is 4.54. The smallest absolute Gasteiger partial charge is 0.378 e. The molecule has 0 saturated carbocycles. The second kappa shape index (κ2) is 22.4. The largest absolute Gasteiger partial charge is 0.539 e.